The van der Waals surface area contributed by atoms with Crippen LogP contribution in [0.25, 0.3) is 0 Å². The van der Waals surface area contributed by atoms with Crippen molar-refractivity contribution >= 4 is 11.6 Å². The molecule has 1 aliphatic carbocycles. The number of carbonyl (C=O) groups is 1. The lowest BCUT2D eigenvalue weighted by Gasteiger charge is -2.14. The number of hydrogen-bond acceptors (Lipinski definition) is 3. The minimum atomic E-state index is -0.698. The molecule has 0 heterocycles. The lowest BCUT2D eigenvalue weighted by Crippen LogP contribution is -2.37. The quantitative estimate of drug-likeness (QED) is 0.905. The first kappa shape index (κ1) is 13.6. The third-order valence-electron chi connectivity index (χ3n) is 3.59. The molecule has 0 spiro atoms. The summed E-state index contributed by atoms with van der Waals surface area (Å²) >= 11 is 0. The predicted octanol–water partition coefficient (Wildman–Crippen LogP) is 3.22. The second-order valence-electron chi connectivity index (χ2n) is 5.52. The second-order valence-corrected chi connectivity index (χ2v) is 5.52. The molecule has 21 heavy (non-hydrogen) atoms. The minimum absolute atomic E-state index is 0.150. The van der Waals surface area contributed by atoms with Gasteiger partial charge in [-0.3, -0.25) is 4.79 Å². The van der Waals surface area contributed by atoms with Crippen molar-refractivity contribution in [3.05, 3.63) is 54.1 Å². The molecular weight excluding hydrogens is 264 g/mol. The molecule has 1 aliphatic rings. The summed E-state index contributed by atoms with van der Waals surface area (Å²) in [4.78, 5) is 12.1. The second kappa shape index (κ2) is 5.22. The van der Waals surface area contributed by atoms with Crippen molar-refractivity contribution in [1.29, 1.82) is 0 Å². The van der Waals surface area contributed by atoms with Crippen molar-refractivity contribution in [2.24, 2.45) is 5.73 Å². The van der Waals surface area contributed by atoms with E-state index in [1.54, 1.807) is 0 Å². The lowest BCUT2D eigenvalue weighted by atomic mass is 10.2. The van der Waals surface area contributed by atoms with E-state index in [2.05, 4.69) is 5.32 Å². The Morgan fingerprint density at radius 3 is 2.67 bits per heavy atom. The number of ether oxygens (including phenoxy) is 1. The van der Waals surface area contributed by atoms with Gasteiger partial charge in [0.15, 0.2) is 5.75 Å². The van der Waals surface area contributed by atoms with Crippen LogP contribution in [-0.4, -0.2) is 11.4 Å². The highest BCUT2D eigenvalue weighted by Gasteiger charge is 2.46. The van der Waals surface area contributed by atoms with Gasteiger partial charge in [0, 0.05) is 0 Å². The van der Waals surface area contributed by atoms with E-state index in [1.807, 2.05) is 55.5 Å². The van der Waals surface area contributed by atoms with Gasteiger partial charge in [0.1, 0.15) is 5.75 Å². The van der Waals surface area contributed by atoms with Crippen LogP contribution >= 0.6 is 0 Å². The Balaban J connectivity index is 1.81. The van der Waals surface area contributed by atoms with Crippen molar-refractivity contribution < 1.29 is 9.53 Å². The standard InChI is InChI=1S/C17H18N2O2/c1-12-5-4-6-13(11-12)21-15-8-3-2-7-14(15)19-16(20)17(18)9-10-17/h2-8,11H,9-10,18H2,1H3,(H,19,20). The molecule has 1 amide bonds. The molecule has 0 aliphatic heterocycles. The van der Waals surface area contributed by atoms with Crippen molar-refractivity contribution in [2.75, 3.05) is 5.32 Å². The van der Waals surface area contributed by atoms with Gasteiger partial charge in [0.05, 0.1) is 11.2 Å². The molecule has 2 aromatic carbocycles. The van der Waals surface area contributed by atoms with Gasteiger partial charge < -0.3 is 15.8 Å². The number of nitrogens with one attached hydrogen (secondary N) is 1. The van der Waals surface area contributed by atoms with Crippen molar-refractivity contribution in [3.63, 3.8) is 0 Å². The van der Waals surface area contributed by atoms with Crippen molar-refractivity contribution in [3.8, 4) is 11.5 Å². The van der Waals surface area contributed by atoms with Crippen molar-refractivity contribution in [1.82, 2.24) is 0 Å². The van der Waals surface area contributed by atoms with Gasteiger partial charge in [-0.05, 0) is 49.6 Å². The van der Waals surface area contributed by atoms with E-state index < -0.39 is 5.54 Å². The third-order valence-corrected chi connectivity index (χ3v) is 3.59. The fraction of sp³-hybridized carbons (Fsp3) is 0.235. The molecule has 1 fully saturated rings. The molecule has 3 rings (SSSR count). The van der Waals surface area contributed by atoms with Gasteiger partial charge in [-0.15, -0.1) is 0 Å². The van der Waals surface area contributed by atoms with E-state index in [4.69, 9.17) is 10.5 Å². The Hall–Kier alpha value is -2.33. The molecule has 4 nitrogen and oxygen atoms in total. The molecule has 0 saturated heterocycles. The number of hydrogen-bond donors (Lipinski definition) is 2. The number of aryl methyl sites for hydroxylation is 1. The van der Waals surface area contributed by atoms with Gasteiger partial charge in [-0.1, -0.05) is 24.3 Å². The molecule has 3 N–H and O–H groups in total. The zero-order valence-corrected chi connectivity index (χ0v) is 11.9. The van der Waals surface area contributed by atoms with Crippen LogP contribution in [0.15, 0.2) is 48.5 Å². The summed E-state index contributed by atoms with van der Waals surface area (Å²) in [6, 6.07) is 15.1. The van der Waals surface area contributed by atoms with Crippen LogP contribution < -0.4 is 15.8 Å². The molecule has 0 unspecified atom stereocenters. The Morgan fingerprint density at radius 1 is 1.19 bits per heavy atom. The highest BCUT2D eigenvalue weighted by Crippen LogP contribution is 2.35. The fourth-order valence-corrected chi connectivity index (χ4v) is 2.07. The first-order valence-corrected chi connectivity index (χ1v) is 7.01. The highest BCUT2D eigenvalue weighted by atomic mass is 16.5. The smallest absolute Gasteiger partial charge is 0.244 e. The van der Waals surface area contributed by atoms with E-state index in [9.17, 15) is 4.79 Å². The number of amides is 1. The summed E-state index contributed by atoms with van der Waals surface area (Å²) in [6.07, 6.45) is 1.47. The minimum Gasteiger partial charge on any atom is -0.455 e. The van der Waals surface area contributed by atoms with Crippen LogP contribution in [-0.2, 0) is 4.79 Å². The SMILES string of the molecule is Cc1cccc(Oc2ccccc2NC(=O)C2(N)CC2)c1. The summed E-state index contributed by atoms with van der Waals surface area (Å²) in [6.45, 7) is 2.01. The highest BCUT2D eigenvalue weighted by molar-refractivity contribution is 6.01. The Labute approximate surface area is 123 Å². The first-order chi connectivity index (χ1) is 10.1. The predicted molar refractivity (Wildman–Crippen MR) is 82.5 cm³/mol. The zero-order chi connectivity index (χ0) is 14.9. The molecular formula is C17H18N2O2. The summed E-state index contributed by atoms with van der Waals surface area (Å²) in [5, 5.41) is 2.86. The maximum Gasteiger partial charge on any atom is 0.244 e. The fourth-order valence-electron chi connectivity index (χ4n) is 2.07. The van der Waals surface area contributed by atoms with Gasteiger partial charge in [0.25, 0.3) is 0 Å². The monoisotopic (exact) mass is 282 g/mol. The first-order valence-electron chi connectivity index (χ1n) is 7.01. The zero-order valence-electron chi connectivity index (χ0n) is 11.9. The van der Waals surface area contributed by atoms with Crippen LogP contribution in [0.2, 0.25) is 0 Å². The molecule has 0 bridgehead atoms. The van der Waals surface area contributed by atoms with E-state index in [0.29, 0.717) is 11.4 Å². The molecule has 0 radical (unpaired) electrons. The number of anilines is 1. The molecule has 2 aromatic rings. The van der Waals surface area contributed by atoms with E-state index in [-0.39, 0.29) is 5.91 Å². The Kier molecular flexibility index (Phi) is 3.39. The normalized spacial score (nSPS) is 15.3. The average Bonchev–Trinajstić information content (AvgIpc) is 3.20. The molecule has 0 atom stereocenters. The number of nitrogens with two attached hydrogens (primary N) is 1. The van der Waals surface area contributed by atoms with Crippen LogP contribution in [0, 0.1) is 6.92 Å². The number of para-hydroxylation sites is 2. The van der Waals surface area contributed by atoms with Crippen molar-refractivity contribution in [2.45, 2.75) is 25.3 Å². The third kappa shape index (κ3) is 3.06. The molecule has 4 heteroatoms. The topological polar surface area (TPSA) is 64.3 Å². The van der Waals surface area contributed by atoms with Gasteiger partial charge in [-0.25, -0.2) is 0 Å². The molecule has 108 valence electrons. The summed E-state index contributed by atoms with van der Waals surface area (Å²) in [5.41, 5.74) is 6.97. The van der Waals surface area contributed by atoms with Gasteiger partial charge in [-0.2, -0.15) is 0 Å². The average molecular weight is 282 g/mol. The van der Waals surface area contributed by atoms with Gasteiger partial charge in [0.2, 0.25) is 5.91 Å². The Morgan fingerprint density at radius 2 is 1.95 bits per heavy atom. The van der Waals surface area contributed by atoms with Gasteiger partial charge >= 0.3 is 0 Å². The van der Waals surface area contributed by atoms with E-state index >= 15 is 0 Å². The lowest BCUT2D eigenvalue weighted by molar-refractivity contribution is -0.118. The van der Waals surface area contributed by atoms with E-state index in [1.165, 1.54) is 0 Å². The van der Waals surface area contributed by atoms with Crippen LogP contribution in [0.1, 0.15) is 18.4 Å². The molecule has 1 saturated carbocycles. The number of carbonyl (C=O) groups excluding carboxylic acids is 1. The van der Waals surface area contributed by atoms with E-state index in [0.717, 1.165) is 24.2 Å². The Bertz CT molecular complexity index is 678. The van der Waals surface area contributed by atoms with Crippen LogP contribution in [0.5, 0.6) is 11.5 Å². The van der Waals surface area contributed by atoms with Crippen LogP contribution in [0.3, 0.4) is 0 Å². The largest absolute Gasteiger partial charge is 0.455 e. The summed E-state index contributed by atoms with van der Waals surface area (Å²) < 4.78 is 5.87. The number of rotatable bonds is 4. The molecule has 0 aromatic heterocycles. The van der Waals surface area contributed by atoms with Crippen LogP contribution in [0.4, 0.5) is 5.69 Å². The summed E-state index contributed by atoms with van der Waals surface area (Å²) in [7, 11) is 0. The number of benzene rings is 2. The summed E-state index contributed by atoms with van der Waals surface area (Å²) in [5.74, 6) is 1.20. The maximum absolute atomic E-state index is 12.1. The maximum atomic E-state index is 12.1.